The molecule has 94 valence electrons. The fraction of sp³-hybridized carbons (Fsp3) is 0.833. The molecule has 0 amide bonds. The van der Waals surface area contributed by atoms with Crippen LogP contribution in [0.15, 0.2) is 12.7 Å². The highest BCUT2D eigenvalue weighted by Gasteiger charge is 2.17. The molecule has 1 heterocycles. The van der Waals surface area contributed by atoms with Gasteiger partial charge in [-0.05, 0) is 6.54 Å². The van der Waals surface area contributed by atoms with E-state index in [4.69, 9.17) is 4.74 Å². The summed E-state index contributed by atoms with van der Waals surface area (Å²) in [7, 11) is 0. The van der Waals surface area contributed by atoms with E-state index in [0.717, 1.165) is 32.7 Å². The Bertz CT molecular complexity index is 191. The molecular weight excluding hydrogens is 204 g/mol. The van der Waals surface area contributed by atoms with Gasteiger partial charge < -0.3 is 14.7 Å². The van der Waals surface area contributed by atoms with Crippen molar-refractivity contribution in [2.45, 2.75) is 13.0 Å². The second-order valence-corrected chi connectivity index (χ2v) is 4.21. The molecule has 0 aliphatic carbocycles. The Morgan fingerprint density at radius 2 is 1.94 bits per heavy atom. The maximum atomic E-state index is 9.74. The first-order chi connectivity index (χ1) is 7.76. The van der Waals surface area contributed by atoms with E-state index < -0.39 is 0 Å². The van der Waals surface area contributed by atoms with Crippen molar-refractivity contribution in [2.75, 3.05) is 52.5 Å². The number of ether oxygens (including phenoxy) is 1. The summed E-state index contributed by atoms with van der Waals surface area (Å²) in [5.41, 5.74) is 0. The van der Waals surface area contributed by atoms with Crippen molar-refractivity contribution in [2.24, 2.45) is 0 Å². The number of piperazine rings is 1. The van der Waals surface area contributed by atoms with Gasteiger partial charge in [-0.1, -0.05) is 13.0 Å². The van der Waals surface area contributed by atoms with E-state index in [-0.39, 0.29) is 6.10 Å². The zero-order chi connectivity index (χ0) is 11.8. The van der Waals surface area contributed by atoms with Crippen LogP contribution in [0, 0.1) is 0 Å². The van der Waals surface area contributed by atoms with Crippen LogP contribution in [0.1, 0.15) is 6.92 Å². The number of nitrogens with zero attached hydrogens (tertiary/aromatic N) is 2. The Hall–Kier alpha value is -0.420. The number of β-amino-alcohol motifs (C(OH)–C–C–N with tert-alkyl or cyclic N) is 1. The summed E-state index contributed by atoms with van der Waals surface area (Å²) >= 11 is 0. The molecule has 0 aromatic heterocycles. The number of likely N-dealkylation sites (N-methyl/N-ethyl adjacent to an activating group) is 1. The van der Waals surface area contributed by atoms with Gasteiger partial charge in [-0.2, -0.15) is 0 Å². The summed E-state index contributed by atoms with van der Waals surface area (Å²) in [5.74, 6) is 0. The fourth-order valence-electron chi connectivity index (χ4n) is 1.93. The van der Waals surface area contributed by atoms with Crippen LogP contribution in [0.5, 0.6) is 0 Å². The van der Waals surface area contributed by atoms with Crippen LogP contribution in [0.2, 0.25) is 0 Å². The van der Waals surface area contributed by atoms with Crippen molar-refractivity contribution in [1.29, 1.82) is 0 Å². The lowest BCUT2D eigenvalue weighted by atomic mass is 10.2. The number of hydrogen-bond acceptors (Lipinski definition) is 4. The second-order valence-electron chi connectivity index (χ2n) is 4.21. The maximum absolute atomic E-state index is 9.74. The largest absolute Gasteiger partial charge is 0.389 e. The molecule has 16 heavy (non-hydrogen) atoms. The Balaban J connectivity index is 2.10. The van der Waals surface area contributed by atoms with Gasteiger partial charge in [0, 0.05) is 32.7 Å². The average molecular weight is 228 g/mol. The van der Waals surface area contributed by atoms with Crippen LogP contribution in [0.3, 0.4) is 0 Å². The molecule has 1 atom stereocenters. The van der Waals surface area contributed by atoms with E-state index in [9.17, 15) is 5.11 Å². The van der Waals surface area contributed by atoms with Gasteiger partial charge in [-0.15, -0.1) is 6.58 Å². The first kappa shape index (κ1) is 13.6. The van der Waals surface area contributed by atoms with E-state index >= 15 is 0 Å². The van der Waals surface area contributed by atoms with Crippen molar-refractivity contribution in [3.63, 3.8) is 0 Å². The summed E-state index contributed by atoms with van der Waals surface area (Å²) in [5, 5.41) is 9.74. The third kappa shape index (κ3) is 5.07. The van der Waals surface area contributed by atoms with E-state index in [2.05, 4.69) is 23.3 Å². The standard InChI is InChI=1S/C12H24N2O2/c1-3-9-16-11-12(15)10-14-7-5-13(4-2)6-8-14/h3,12,15H,1,4-11H2,2H3/t12-/m1/s1. The highest BCUT2D eigenvalue weighted by Crippen LogP contribution is 2.02. The quantitative estimate of drug-likeness (QED) is 0.498. The number of hydrogen-bond donors (Lipinski definition) is 1. The van der Waals surface area contributed by atoms with E-state index in [1.165, 1.54) is 0 Å². The Morgan fingerprint density at radius 1 is 1.31 bits per heavy atom. The highest BCUT2D eigenvalue weighted by molar-refractivity contribution is 4.73. The number of rotatable bonds is 7. The lowest BCUT2D eigenvalue weighted by Gasteiger charge is -2.34. The van der Waals surface area contributed by atoms with Crippen LogP contribution in [0.25, 0.3) is 0 Å². The molecule has 0 aromatic carbocycles. The molecule has 4 nitrogen and oxygen atoms in total. The molecule has 0 radical (unpaired) electrons. The topological polar surface area (TPSA) is 35.9 Å². The summed E-state index contributed by atoms with van der Waals surface area (Å²) in [6, 6.07) is 0. The van der Waals surface area contributed by atoms with Gasteiger partial charge in [0.25, 0.3) is 0 Å². The first-order valence-corrected chi connectivity index (χ1v) is 6.07. The molecule has 1 saturated heterocycles. The zero-order valence-electron chi connectivity index (χ0n) is 10.3. The van der Waals surface area contributed by atoms with Crippen molar-refractivity contribution in [3.05, 3.63) is 12.7 Å². The monoisotopic (exact) mass is 228 g/mol. The van der Waals surface area contributed by atoms with Gasteiger partial charge in [0.05, 0.1) is 19.3 Å². The van der Waals surface area contributed by atoms with Gasteiger partial charge in [0.15, 0.2) is 0 Å². The third-order valence-electron chi connectivity index (χ3n) is 2.93. The summed E-state index contributed by atoms with van der Waals surface area (Å²) < 4.78 is 5.22. The minimum Gasteiger partial charge on any atom is -0.389 e. The van der Waals surface area contributed by atoms with Crippen LogP contribution in [0.4, 0.5) is 0 Å². The Kier molecular flexibility index (Phi) is 6.64. The molecular formula is C12H24N2O2. The average Bonchev–Trinajstić information content (AvgIpc) is 2.30. The molecule has 1 N–H and O–H groups in total. The minimum atomic E-state index is -0.381. The molecule has 0 spiro atoms. The predicted molar refractivity (Wildman–Crippen MR) is 65.6 cm³/mol. The van der Waals surface area contributed by atoms with E-state index in [0.29, 0.717) is 19.8 Å². The van der Waals surface area contributed by atoms with Gasteiger partial charge in [0.2, 0.25) is 0 Å². The van der Waals surface area contributed by atoms with E-state index in [1.54, 1.807) is 6.08 Å². The number of aliphatic hydroxyl groups excluding tert-OH is 1. The first-order valence-electron chi connectivity index (χ1n) is 6.07. The smallest absolute Gasteiger partial charge is 0.0900 e. The molecule has 1 aliphatic heterocycles. The Morgan fingerprint density at radius 3 is 2.50 bits per heavy atom. The zero-order valence-corrected chi connectivity index (χ0v) is 10.3. The summed E-state index contributed by atoms with van der Waals surface area (Å²) in [4.78, 5) is 4.73. The molecule has 1 aliphatic rings. The molecule has 1 fully saturated rings. The van der Waals surface area contributed by atoms with Crippen LogP contribution < -0.4 is 0 Å². The molecule has 1 rings (SSSR count). The molecule has 0 saturated carbocycles. The van der Waals surface area contributed by atoms with Gasteiger partial charge in [0.1, 0.15) is 0 Å². The van der Waals surface area contributed by atoms with Crippen molar-refractivity contribution >= 4 is 0 Å². The minimum absolute atomic E-state index is 0.381. The van der Waals surface area contributed by atoms with Gasteiger partial charge >= 0.3 is 0 Å². The van der Waals surface area contributed by atoms with Crippen LogP contribution in [-0.2, 0) is 4.74 Å². The lowest BCUT2D eigenvalue weighted by molar-refractivity contribution is 0.0154. The Labute approximate surface area is 98.5 Å². The molecule has 0 unspecified atom stereocenters. The van der Waals surface area contributed by atoms with Crippen LogP contribution >= 0.6 is 0 Å². The highest BCUT2D eigenvalue weighted by atomic mass is 16.5. The van der Waals surface area contributed by atoms with E-state index in [1.807, 2.05) is 0 Å². The van der Waals surface area contributed by atoms with Gasteiger partial charge in [-0.3, -0.25) is 4.90 Å². The maximum Gasteiger partial charge on any atom is 0.0900 e. The third-order valence-corrected chi connectivity index (χ3v) is 2.93. The molecule has 0 aromatic rings. The fourth-order valence-corrected chi connectivity index (χ4v) is 1.93. The second kappa shape index (κ2) is 7.79. The predicted octanol–water partition coefficient (Wildman–Crippen LogP) is 0.187. The van der Waals surface area contributed by atoms with Crippen molar-refractivity contribution < 1.29 is 9.84 Å². The summed E-state index contributed by atoms with van der Waals surface area (Å²) in [6.45, 7) is 12.8. The van der Waals surface area contributed by atoms with Crippen molar-refractivity contribution in [3.8, 4) is 0 Å². The summed E-state index contributed by atoms with van der Waals surface area (Å²) in [6.07, 6.45) is 1.32. The SMILES string of the molecule is C=CCOC[C@H](O)CN1CCN(CC)CC1. The van der Waals surface area contributed by atoms with Gasteiger partial charge in [-0.25, -0.2) is 0 Å². The van der Waals surface area contributed by atoms with Crippen molar-refractivity contribution in [1.82, 2.24) is 9.80 Å². The normalized spacial score (nSPS) is 20.9. The van der Waals surface area contributed by atoms with Crippen LogP contribution in [-0.4, -0.2) is 73.5 Å². The number of aliphatic hydroxyl groups is 1. The lowest BCUT2D eigenvalue weighted by Crippen LogP contribution is -2.48. The molecule has 0 bridgehead atoms. The molecule has 4 heteroatoms.